The molecule has 21 heavy (non-hydrogen) atoms. The molecular formula is C15H23FN4O. The van der Waals surface area contributed by atoms with Gasteiger partial charge < -0.3 is 16.0 Å². The zero-order valence-corrected chi connectivity index (χ0v) is 12.8. The summed E-state index contributed by atoms with van der Waals surface area (Å²) in [6.45, 7) is 3.66. The third-order valence-corrected chi connectivity index (χ3v) is 4.12. The number of nitrogens with two attached hydrogens (primary N) is 1. The lowest BCUT2D eigenvalue weighted by Gasteiger charge is -2.25. The Morgan fingerprint density at radius 1 is 1.52 bits per heavy atom. The van der Waals surface area contributed by atoms with Crippen molar-refractivity contribution in [3.63, 3.8) is 0 Å². The van der Waals surface area contributed by atoms with E-state index < -0.39 is 5.82 Å². The van der Waals surface area contributed by atoms with E-state index in [1.54, 1.807) is 0 Å². The Kier molecular flexibility index (Phi) is 4.80. The van der Waals surface area contributed by atoms with Crippen LogP contribution in [0.25, 0.3) is 0 Å². The number of amides is 1. The number of hydrogen-bond acceptors (Lipinski definition) is 4. The summed E-state index contributed by atoms with van der Waals surface area (Å²) in [5.41, 5.74) is 6.40. The van der Waals surface area contributed by atoms with Crippen LogP contribution in [0.4, 0.5) is 15.8 Å². The fourth-order valence-corrected chi connectivity index (χ4v) is 2.59. The maximum Gasteiger partial charge on any atom is 0.241 e. The van der Waals surface area contributed by atoms with Crippen molar-refractivity contribution >= 4 is 17.3 Å². The molecule has 0 spiro atoms. The molecule has 0 aromatic heterocycles. The standard InChI is InChI=1S/C15H23FN4O/c1-10(20-7-6-12(9-20)19(2)3)15(21)18-14-5-4-11(16)8-13(14)17/h4-5,8,10,12H,6-7,9,17H2,1-3H3,(H,18,21). The van der Waals surface area contributed by atoms with Gasteiger partial charge in [-0.05, 0) is 45.6 Å². The second kappa shape index (κ2) is 6.41. The highest BCUT2D eigenvalue weighted by Gasteiger charge is 2.30. The third kappa shape index (κ3) is 3.71. The number of carbonyl (C=O) groups is 1. The Morgan fingerprint density at radius 3 is 2.81 bits per heavy atom. The molecule has 3 N–H and O–H groups in total. The first-order chi connectivity index (χ1) is 9.88. The Labute approximate surface area is 124 Å². The van der Waals surface area contributed by atoms with Gasteiger partial charge in [0.2, 0.25) is 5.91 Å². The zero-order valence-electron chi connectivity index (χ0n) is 12.8. The van der Waals surface area contributed by atoms with E-state index in [1.165, 1.54) is 18.2 Å². The van der Waals surface area contributed by atoms with Crippen LogP contribution in [-0.2, 0) is 4.79 Å². The molecule has 0 bridgehead atoms. The second-order valence-corrected chi connectivity index (χ2v) is 5.80. The molecule has 1 amide bonds. The van der Waals surface area contributed by atoms with Crippen molar-refractivity contribution in [1.82, 2.24) is 9.80 Å². The van der Waals surface area contributed by atoms with E-state index in [1.807, 2.05) is 6.92 Å². The predicted molar refractivity (Wildman–Crippen MR) is 82.6 cm³/mol. The number of carbonyl (C=O) groups excluding carboxylic acids is 1. The topological polar surface area (TPSA) is 61.6 Å². The monoisotopic (exact) mass is 294 g/mol. The predicted octanol–water partition coefficient (Wildman–Crippen LogP) is 1.37. The average Bonchev–Trinajstić information content (AvgIpc) is 2.90. The maximum absolute atomic E-state index is 13.0. The fourth-order valence-electron chi connectivity index (χ4n) is 2.59. The van der Waals surface area contributed by atoms with E-state index in [0.29, 0.717) is 11.7 Å². The molecule has 1 aromatic carbocycles. The van der Waals surface area contributed by atoms with E-state index in [2.05, 4.69) is 29.2 Å². The van der Waals surface area contributed by atoms with Crippen molar-refractivity contribution in [2.75, 3.05) is 38.2 Å². The van der Waals surface area contributed by atoms with Crippen LogP contribution in [0.2, 0.25) is 0 Å². The van der Waals surface area contributed by atoms with Gasteiger partial charge in [-0.15, -0.1) is 0 Å². The van der Waals surface area contributed by atoms with Crippen molar-refractivity contribution < 1.29 is 9.18 Å². The number of halogens is 1. The molecule has 1 fully saturated rings. The summed E-state index contributed by atoms with van der Waals surface area (Å²) in [4.78, 5) is 16.6. The molecule has 5 nitrogen and oxygen atoms in total. The van der Waals surface area contributed by atoms with E-state index in [4.69, 9.17) is 5.73 Å². The molecule has 6 heteroatoms. The van der Waals surface area contributed by atoms with E-state index in [-0.39, 0.29) is 17.6 Å². The van der Waals surface area contributed by atoms with Gasteiger partial charge in [0.1, 0.15) is 5.82 Å². The highest BCUT2D eigenvalue weighted by atomic mass is 19.1. The van der Waals surface area contributed by atoms with Crippen LogP contribution in [0.5, 0.6) is 0 Å². The molecule has 116 valence electrons. The molecule has 0 saturated carbocycles. The third-order valence-electron chi connectivity index (χ3n) is 4.12. The van der Waals surface area contributed by atoms with Crippen LogP contribution in [-0.4, -0.2) is 55.0 Å². The van der Waals surface area contributed by atoms with Crippen LogP contribution in [0, 0.1) is 5.82 Å². The van der Waals surface area contributed by atoms with E-state index in [9.17, 15) is 9.18 Å². The van der Waals surface area contributed by atoms with Gasteiger partial charge in [0.15, 0.2) is 0 Å². The number of hydrogen-bond donors (Lipinski definition) is 2. The molecule has 1 aromatic rings. The summed E-state index contributed by atoms with van der Waals surface area (Å²) in [6, 6.07) is 4.23. The van der Waals surface area contributed by atoms with Crippen LogP contribution in [0.1, 0.15) is 13.3 Å². The van der Waals surface area contributed by atoms with Crippen LogP contribution in [0.3, 0.4) is 0 Å². The molecule has 0 radical (unpaired) electrons. The lowest BCUT2D eigenvalue weighted by molar-refractivity contribution is -0.120. The average molecular weight is 294 g/mol. The van der Waals surface area contributed by atoms with Crippen molar-refractivity contribution in [2.45, 2.75) is 25.4 Å². The van der Waals surface area contributed by atoms with Gasteiger partial charge in [-0.1, -0.05) is 0 Å². The van der Waals surface area contributed by atoms with Gasteiger partial charge in [-0.25, -0.2) is 4.39 Å². The molecule has 1 aliphatic rings. The van der Waals surface area contributed by atoms with Gasteiger partial charge in [0.25, 0.3) is 0 Å². The lowest BCUT2D eigenvalue weighted by Crippen LogP contribution is -2.42. The Hall–Kier alpha value is -1.66. The van der Waals surface area contributed by atoms with Crippen LogP contribution in [0.15, 0.2) is 18.2 Å². The van der Waals surface area contributed by atoms with Crippen molar-refractivity contribution in [3.05, 3.63) is 24.0 Å². The SMILES string of the molecule is CC(C(=O)Nc1ccc(F)cc1N)N1CCC(N(C)C)C1. The van der Waals surface area contributed by atoms with Gasteiger partial charge in [-0.3, -0.25) is 9.69 Å². The van der Waals surface area contributed by atoms with Gasteiger partial charge in [-0.2, -0.15) is 0 Å². The zero-order chi connectivity index (χ0) is 15.6. The summed E-state index contributed by atoms with van der Waals surface area (Å²) >= 11 is 0. The largest absolute Gasteiger partial charge is 0.397 e. The van der Waals surface area contributed by atoms with Gasteiger partial charge in [0, 0.05) is 19.1 Å². The quantitative estimate of drug-likeness (QED) is 0.823. The summed E-state index contributed by atoms with van der Waals surface area (Å²) in [7, 11) is 4.11. The summed E-state index contributed by atoms with van der Waals surface area (Å²) < 4.78 is 13.0. The number of likely N-dealkylation sites (N-methyl/N-ethyl adjacent to an activating group) is 1. The summed E-state index contributed by atoms with van der Waals surface area (Å²) in [6.07, 6.45) is 1.06. The fraction of sp³-hybridized carbons (Fsp3) is 0.533. The number of nitrogens with one attached hydrogen (secondary N) is 1. The Bertz CT molecular complexity index is 520. The highest BCUT2D eigenvalue weighted by molar-refractivity contribution is 5.97. The molecule has 1 heterocycles. The number of nitrogen functional groups attached to an aromatic ring is 1. The molecule has 2 unspecified atom stereocenters. The molecule has 0 aliphatic carbocycles. The first-order valence-corrected chi connectivity index (χ1v) is 7.15. The Morgan fingerprint density at radius 2 is 2.24 bits per heavy atom. The van der Waals surface area contributed by atoms with Crippen LogP contribution < -0.4 is 11.1 Å². The normalized spacial score (nSPS) is 20.7. The van der Waals surface area contributed by atoms with Crippen LogP contribution >= 0.6 is 0 Å². The lowest BCUT2D eigenvalue weighted by atomic mass is 10.2. The smallest absolute Gasteiger partial charge is 0.241 e. The van der Waals surface area contributed by atoms with Crippen molar-refractivity contribution in [3.8, 4) is 0 Å². The minimum absolute atomic E-state index is 0.118. The molecule has 1 saturated heterocycles. The number of benzene rings is 1. The molecule has 2 atom stereocenters. The number of likely N-dealkylation sites (tertiary alicyclic amines) is 1. The van der Waals surface area contributed by atoms with Gasteiger partial charge >= 0.3 is 0 Å². The van der Waals surface area contributed by atoms with E-state index >= 15 is 0 Å². The second-order valence-electron chi connectivity index (χ2n) is 5.80. The number of rotatable bonds is 4. The van der Waals surface area contributed by atoms with Crippen molar-refractivity contribution in [1.29, 1.82) is 0 Å². The molecule has 2 rings (SSSR count). The maximum atomic E-state index is 13.0. The van der Waals surface area contributed by atoms with Gasteiger partial charge in [0.05, 0.1) is 17.4 Å². The number of anilines is 2. The molecular weight excluding hydrogens is 271 g/mol. The minimum atomic E-state index is -0.410. The summed E-state index contributed by atoms with van der Waals surface area (Å²) in [5.74, 6) is -0.528. The first kappa shape index (κ1) is 15.7. The van der Waals surface area contributed by atoms with E-state index in [0.717, 1.165) is 19.5 Å². The first-order valence-electron chi connectivity index (χ1n) is 7.15. The minimum Gasteiger partial charge on any atom is -0.397 e. The molecule has 1 aliphatic heterocycles. The van der Waals surface area contributed by atoms with Crippen molar-refractivity contribution in [2.24, 2.45) is 0 Å². The Balaban J connectivity index is 1.97. The summed E-state index contributed by atoms with van der Waals surface area (Å²) in [5, 5.41) is 2.77. The number of nitrogens with zero attached hydrogens (tertiary/aromatic N) is 2. The highest BCUT2D eigenvalue weighted by Crippen LogP contribution is 2.21.